The highest BCUT2D eigenvalue weighted by atomic mass is 79.9. The zero-order valence-electron chi connectivity index (χ0n) is 11.7. The van der Waals surface area contributed by atoms with Gasteiger partial charge in [-0.05, 0) is 28.8 Å². The lowest BCUT2D eigenvalue weighted by Gasteiger charge is -2.35. The number of carbonyl (C=O) groups excluding carboxylic acids is 1. The van der Waals surface area contributed by atoms with E-state index in [0.29, 0.717) is 19.3 Å². The van der Waals surface area contributed by atoms with Gasteiger partial charge in [0, 0.05) is 25.8 Å². The Balaban J connectivity index is 0.00000161. The molecule has 0 radical (unpaired) electrons. The van der Waals surface area contributed by atoms with Gasteiger partial charge in [-0.3, -0.25) is 9.48 Å². The van der Waals surface area contributed by atoms with Crippen LogP contribution in [-0.4, -0.2) is 59.5 Å². The first-order chi connectivity index (χ1) is 9.74. The zero-order valence-corrected chi connectivity index (χ0v) is 14.1. The van der Waals surface area contributed by atoms with E-state index in [2.05, 4.69) is 26.3 Å². The SMILES string of the molecule is Cl.O=C(C1COCCN1)N1CCC(n2cc(Br)cn2)CC1. The van der Waals surface area contributed by atoms with Crippen LogP contribution in [0.4, 0.5) is 0 Å². The van der Waals surface area contributed by atoms with E-state index in [1.807, 2.05) is 15.8 Å². The number of morpholine rings is 1. The first-order valence-corrected chi connectivity index (χ1v) is 7.83. The summed E-state index contributed by atoms with van der Waals surface area (Å²) in [5.74, 6) is 0.171. The molecule has 1 N–H and O–H groups in total. The summed E-state index contributed by atoms with van der Waals surface area (Å²) >= 11 is 3.42. The average Bonchev–Trinajstić information content (AvgIpc) is 2.94. The number of hydrogen-bond acceptors (Lipinski definition) is 4. The number of likely N-dealkylation sites (tertiary alicyclic amines) is 1. The highest BCUT2D eigenvalue weighted by Crippen LogP contribution is 2.23. The van der Waals surface area contributed by atoms with E-state index in [0.717, 1.165) is 36.9 Å². The van der Waals surface area contributed by atoms with Gasteiger partial charge in [0.25, 0.3) is 0 Å². The number of nitrogens with one attached hydrogen (secondary N) is 1. The van der Waals surface area contributed by atoms with Crippen molar-refractivity contribution < 1.29 is 9.53 Å². The second-order valence-corrected chi connectivity index (χ2v) is 6.19. The maximum absolute atomic E-state index is 12.4. The Hall–Kier alpha value is -0.630. The van der Waals surface area contributed by atoms with Crippen molar-refractivity contribution in [3.05, 3.63) is 16.9 Å². The van der Waals surface area contributed by atoms with Gasteiger partial charge in [0.15, 0.2) is 0 Å². The van der Waals surface area contributed by atoms with Crippen LogP contribution in [0, 0.1) is 0 Å². The zero-order chi connectivity index (χ0) is 13.9. The predicted octanol–water partition coefficient (Wildman–Crippen LogP) is 1.22. The van der Waals surface area contributed by atoms with E-state index < -0.39 is 0 Å². The lowest BCUT2D eigenvalue weighted by atomic mass is 10.0. The third kappa shape index (κ3) is 3.97. The van der Waals surface area contributed by atoms with Gasteiger partial charge in [-0.1, -0.05) is 0 Å². The summed E-state index contributed by atoms with van der Waals surface area (Å²) in [7, 11) is 0. The lowest BCUT2D eigenvalue weighted by Crippen LogP contribution is -2.54. The van der Waals surface area contributed by atoms with Crippen LogP contribution in [-0.2, 0) is 9.53 Å². The summed E-state index contributed by atoms with van der Waals surface area (Å²) in [5, 5.41) is 7.56. The fourth-order valence-corrected chi connectivity index (χ4v) is 3.11. The maximum atomic E-state index is 12.4. The maximum Gasteiger partial charge on any atom is 0.242 e. The molecule has 0 aliphatic carbocycles. The minimum atomic E-state index is -0.167. The highest BCUT2D eigenvalue weighted by Gasteiger charge is 2.30. The topological polar surface area (TPSA) is 59.4 Å². The Kier molecular flexibility index (Phi) is 6.04. The Morgan fingerprint density at radius 2 is 2.19 bits per heavy atom. The van der Waals surface area contributed by atoms with Crippen molar-refractivity contribution in [3.8, 4) is 0 Å². The molecule has 3 heterocycles. The second kappa shape index (κ2) is 7.58. The van der Waals surface area contributed by atoms with Crippen molar-refractivity contribution in [2.45, 2.75) is 24.9 Å². The molecule has 0 aromatic carbocycles. The number of carbonyl (C=O) groups is 1. The van der Waals surface area contributed by atoms with Gasteiger partial charge in [-0.2, -0.15) is 5.10 Å². The van der Waals surface area contributed by atoms with E-state index >= 15 is 0 Å². The van der Waals surface area contributed by atoms with E-state index in [4.69, 9.17) is 4.74 Å². The van der Waals surface area contributed by atoms with Crippen LogP contribution in [0.25, 0.3) is 0 Å². The number of amides is 1. The number of halogens is 2. The third-order valence-electron chi connectivity index (χ3n) is 3.94. The fourth-order valence-electron chi connectivity index (χ4n) is 2.81. The molecule has 0 bridgehead atoms. The summed E-state index contributed by atoms with van der Waals surface area (Å²) in [5.41, 5.74) is 0. The molecule has 8 heteroatoms. The Morgan fingerprint density at radius 1 is 1.43 bits per heavy atom. The van der Waals surface area contributed by atoms with Crippen LogP contribution in [0.15, 0.2) is 16.9 Å². The molecule has 1 amide bonds. The largest absolute Gasteiger partial charge is 0.378 e. The number of aromatic nitrogens is 2. The quantitative estimate of drug-likeness (QED) is 0.839. The van der Waals surface area contributed by atoms with Crippen LogP contribution in [0.3, 0.4) is 0 Å². The molecule has 0 saturated carbocycles. The standard InChI is InChI=1S/C13H19BrN4O2.ClH/c14-10-7-16-18(8-10)11-1-4-17(5-2-11)13(19)12-9-20-6-3-15-12;/h7-8,11-12,15H,1-6,9H2;1H. The summed E-state index contributed by atoms with van der Waals surface area (Å²) in [6.07, 6.45) is 5.71. The normalized spacial score (nSPS) is 23.7. The number of rotatable bonds is 2. The Morgan fingerprint density at radius 3 is 2.76 bits per heavy atom. The molecule has 2 saturated heterocycles. The van der Waals surface area contributed by atoms with E-state index in [1.54, 1.807) is 6.20 Å². The van der Waals surface area contributed by atoms with Gasteiger partial charge in [-0.15, -0.1) is 12.4 Å². The monoisotopic (exact) mass is 378 g/mol. The summed E-state index contributed by atoms with van der Waals surface area (Å²) in [6, 6.07) is 0.222. The molecule has 118 valence electrons. The first kappa shape index (κ1) is 16.7. The number of hydrogen-bond donors (Lipinski definition) is 1. The Bertz CT molecular complexity index is 470. The molecule has 21 heavy (non-hydrogen) atoms. The van der Waals surface area contributed by atoms with Crippen LogP contribution >= 0.6 is 28.3 Å². The molecule has 6 nitrogen and oxygen atoms in total. The molecule has 1 aromatic rings. The van der Waals surface area contributed by atoms with Gasteiger partial charge in [0.2, 0.25) is 5.91 Å². The van der Waals surface area contributed by atoms with Crippen molar-refractivity contribution in [2.75, 3.05) is 32.8 Å². The summed E-state index contributed by atoms with van der Waals surface area (Å²) in [6.45, 7) is 3.53. The fraction of sp³-hybridized carbons (Fsp3) is 0.692. The van der Waals surface area contributed by atoms with Crippen molar-refractivity contribution in [3.63, 3.8) is 0 Å². The van der Waals surface area contributed by atoms with E-state index in [1.165, 1.54) is 0 Å². The second-order valence-electron chi connectivity index (χ2n) is 5.28. The van der Waals surface area contributed by atoms with E-state index in [-0.39, 0.29) is 24.4 Å². The van der Waals surface area contributed by atoms with Gasteiger partial charge in [-0.25, -0.2) is 0 Å². The molecule has 0 spiro atoms. The van der Waals surface area contributed by atoms with Crippen molar-refractivity contribution >= 4 is 34.2 Å². The minimum Gasteiger partial charge on any atom is -0.378 e. The smallest absolute Gasteiger partial charge is 0.242 e. The number of piperidine rings is 1. The minimum absolute atomic E-state index is 0. The molecule has 1 atom stereocenters. The molecule has 1 aromatic heterocycles. The Labute approximate surface area is 138 Å². The average molecular weight is 380 g/mol. The van der Waals surface area contributed by atoms with Crippen molar-refractivity contribution in [1.29, 1.82) is 0 Å². The van der Waals surface area contributed by atoms with Crippen molar-refractivity contribution in [2.24, 2.45) is 0 Å². The van der Waals surface area contributed by atoms with Gasteiger partial charge in [0.1, 0.15) is 6.04 Å². The highest BCUT2D eigenvalue weighted by molar-refractivity contribution is 9.10. The molecule has 2 fully saturated rings. The molecule has 2 aliphatic rings. The molecule has 3 rings (SSSR count). The van der Waals surface area contributed by atoms with Crippen LogP contribution in [0.1, 0.15) is 18.9 Å². The van der Waals surface area contributed by atoms with Gasteiger partial charge < -0.3 is 15.0 Å². The van der Waals surface area contributed by atoms with Crippen LogP contribution < -0.4 is 5.32 Å². The van der Waals surface area contributed by atoms with E-state index in [9.17, 15) is 4.79 Å². The van der Waals surface area contributed by atoms with Crippen LogP contribution in [0.5, 0.6) is 0 Å². The molecular weight excluding hydrogens is 360 g/mol. The summed E-state index contributed by atoms with van der Waals surface area (Å²) < 4.78 is 8.35. The lowest BCUT2D eigenvalue weighted by molar-refractivity contribution is -0.137. The molecule has 2 aliphatic heterocycles. The van der Waals surface area contributed by atoms with Gasteiger partial charge >= 0.3 is 0 Å². The van der Waals surface area contributed by atoms with Crippen LogP contribution in [0.2, 0.25) is 0 Å². The predicted molar refractivity (Wildman–Crippen MR) is 84.6 cm³/mol. The number of ether oxygens (including phenoxy) is 1. The molecular formula is C13H20BrClN4O2. The summed E-state index contributed by atoms with van der Waals surface area (Å²) in [4.78, 5) is 14.3. The first-order valence-electron chi connectivity index (χ1n) is 7.03. The number of nitrogens with zero attached hydrogens (tertiary/aromatic N) is 3. The third-order valence-corrected chi connectivity index (χ3v) is 4.35. The van der Waals surface area contributed by atoms with Gasteiger partial charge in [0.05, 0.1) is 29.9 Å². The van der Waals surface area contributed by atoms with Crippen molar-refractivity contribution in [1.82, 2.24) is 20.0 Å². The molecule has 1 unspecified atom stereocenters.